The van der Waals surface area contributed by atoms with Gasteiger partial charge in [-0.2, -0.15) is 0 Å². The molecular formula is C22H32N4O4. The fourth-order valence-corrected chi connectivity index (χ4v) is 2.12. The Hall–Kier alpha value is -3.07. The quantitative estimate of drug-likeness (QED) is 0.410. The van der Waals surface area contributed by atoms with E-state index in [1.165, 1.54) is 12.5 Å². The molecule has 0 bridgehead atoms. The predicted octanol–water partition coefficient (Wildman–Crippen LogP) is 1.78. The van der Waals surface area contributed by atoms with Crippen molar-refractivity contribution in [3.05, 3.63) is 65.7 Å². The number of hydrogen-bond acceptors (Lipinski definition) is 6. The summed E-state index contributed by atoms with van der Waals surface area (Å²) in [4.78, 5) is 30.9. The zero-order chi connectivity index (χ0) is 22.8. The molecule has 2 rings (SSSR count). The highest BCUT2D eigenvalue weighted by Crippen LogP contribution is 2.07. The second-order valence-corrected chi connectivity index (χ2v) is 6.32. The molecule has 0 radical (unpaired) electrons. The van der Waals surface area contributed by atoms with Gasteiger partial charge >= 0.3 is 5.97 Å². The van der Waals surface area contributed by atoms with Gasteiger partial charge in [-0.3, -0.25) is 14.4 Å². The Bertz CT molecular complexity index is 737. The number of nitrogens with one attached hydrogen (secondary N) is 1. The van der Waals surface area contributed by atoms with E-state index in [1.54, 1.807) is 24.3 Å². The van der Waals surface area contributed by atoms with Gasteiger partial charge in [0.2, 0.25) is 5.91 Å². The van der Waals surface area contributed by atoms with Crippen molar-refractivity contribution in [2.24, 2.45) is 17.2 Å². The molecule has 1 amide bonds. The highest BCUT2D eigenvalue weighted by Gasteiger charge is 2.08. The number of carbonyl (C=O) groups excluding carboxylic acids is 2. The maximum atomic E-state index is 10.6. The van der Waals surface area contributed by atoms with Crippen molar-refractivity contribution in [2.75, 3.05) is 18.4 Å². The number of rotatable bonds is 8. The Morgan fingerprint density at radius 2 is 1.63 bits per heavy atom. The lowest BCUT2D eigenvalue weighted by atomic mass is 10.2. The van der Waals surface area contributed by atoms with Crippen LogP contribution in [-0.2, 0) is 16.0 Å². The molecule has 0 saturated heterocycles. The molecule has 1 unspecified atom stereocenters. The number of carboxylic acids is 1. The fourth-order valence-electron chi connectivity index (χ4n) is 2.12. The van der Waals surface area contributed by atoms with E-state index in [0.29, 0.717) is 30.6 Å². The van der Waals surface area contributed by atoms with Crippen molar-refractivity contribution in [3.63, 3.8) is 0 Å². The highest BCUT2D eigenvalue weighted by molar-refractivity contribution is 5.89. The van der Waals surface area contributed by atoms with Gasteiger partial charge in [-0.25, -0.2) is 0 Å². The summed E-state index contributed by atoms with van der Waals surface area (Å²) in [6.45, 7) is 2.68. The second-order valence-electron chi connectivity index (χ2n) is 6.32. The maximum Gasteiger partial charge on any atom is 0.320 e. The Morgan fingerprint density at radius 1 is 1.03 bits per heavy atom. The standard InChI is InChI=1S/C9H9NO2.C8H11N.C5H12N2O2/c1-7(12)10-9-4-2-8(6-11)3-5-9;9-7-6-8-4-2-1-3-5-8;6-3-1-2-4(7)5(8)9/h2-6H,1H3,(H,10,12);1-5H,6-7,9H2;4H,1-3,6-7H2,(H,8,9). The van der Waals surface area contributed by atoms with Crippen LogP contribution in [0.1, 0.15) is 35.7 Å². The zero-order valence-electron chi connectivity index (χ0n) is 17.3. The molecule has 0 aliphatic carbocycles. The molecule has 8 N–H and O–H groups in total. The molecular weight excluding hydrogens is 384 g/mol. The molecule has 30 heavy (non-hydrogen) atoms. The number of aliphatic carboxylic acids is 1. The lowest BCUT2D eigenvalue weighted by Gasteiger charge is -2.02. The van der Waals surface area contributed by atoms with Crippen molar-refractivity contribution in [2.45, 2.75) is 32.2 Å². The van der Waals surface area contributed by atoms with Gasteiger partial charge in [-0.15, -0.1) is 0 Å². The summed E-state index contributed by atoms with van der Waals surface area (Å²) in [5.74, 6) is -1.07. The van der Waals surface area contributed by atoms with Gasteiger partial charge in [0.1, 0.15) is 12.3 Å². The highest BCUT2D eigenvalue weighted by atomic mass is 16.4. The van der Waals surface area contributed by atoms with Crippen LogP contribution in [-0.4, -0.2) is 42.4 Å². The normalized spacial score (nSPS) is 10.4. The average molecular weight is 417 g/mol. The van der Waals surface area contributed by atoms with E-state index in [0.717, 1.165) is 19.3 Å². The van der Waals surface area contributed by atoms with Crippen LogP contribution in [0.25, 0.3) is 0 Å². The van der Waals surface area contributed by atoms with Gasteiger partial charge < -0.3 is 27.6 Å². The minimum absolute atomic E-state index is 0.117. The van der Waals surface area contributed by atoms with E-state index in [-0.39, 0.29) is 5.91 Å². The third-order valence-electron chi connectivity index (χ3n) is 3.68. The number of anilines is 1. The molecule has 0 aliphatic heterocycles. The Morgan fingerprint density at radius 3 is 2.07 bits per heavy atom. The molecule has 2 aromatic carbocycles. The summed E-state index contributed by atoms with van der Waals surface area (Å²) < 4.78 is 0. The molecule has 0 aliphatic rings. The Balaban J connectivity index is 0.000000428. The number of hydrogen-bond donors (Lipinski definition) is 5. The topological polar surface area (TPSA) is 162 Å². The van der Waals surface area contributed by atoms with Gasteiger partial charge in [0.25, 0.3) is 0 Å². The Labute approximate surface area is 177 Å². The molecule has 2 aromatic rings. The van der Waals surface area contributed by atoms with Crippen molar-refractivity contribution < 1.29 is 19.5 Å². The largest absolute Gasteiger partial charge is 0.480 e. The van der Waals surface area contributed by atoms with Crippen LogP contribution in [0.4, 0.5) is 5.69 Å². The van der Waals surface area contributed by atoms with Gasteiger partial charge in [0.15, 0.2) is 0 Å². The molecule has 0 spiro atoms. The molecule has 1 atom stereocenters. The maximum absolute atomic E-state index is 10.6. The van der Waals surface area contributed by atoms with E-state index >= 15 is 0 Å². The Kier molecular flexibility index (Phi) is 15.1. The number of carboxylic acid groups (broad SMARTS) is 1. The van der Waals surface area contributed by atoms with E-state index < -0.39 is 12.0 Å². The summed E-state index contributed by atoms with van der Waals surface area (Å²) in [7, 11) is 0. The number of benzene rings is 2. The van der Waals surface area contributed by atoms with Crippen LogP contribution >= 0.6 is 0 Å². The zero-order valence-corrected chi connectivity index (χ0v) is 17.3. The SMILES string of the molecule is CC(=O)Nc1ccc(C=O)cc1.NCCCC(N)C(=O)O.NCCc1ccccc1. The summed E-state index contributed by atoms with van der Waals surface area (Å²) >= 11 is 0. The number of aldehydes is 1. The fraction of sp³-hybridized carbons (Fsp3) is 0.318. The average Bonchev–Trinajstić information content (AvgIpc) is 2.74. The van der Waals surface area contributed by atoms with Crippen molar-refractivity contribution in [3.8, 4) is 0 Å². The van der Waals surface area contributed by atoms with Crippen LogP contribution in [0.15, 0.2) is 54.6 Å². The van der Waals surface area contributed by atoms with Crippen LogP contribution in [0.5, 0.6) is 0 Å². The third kappa shape index (κ3) is 14.0. The lowest BCUT2D eigenvalue weighted by Crippen LogP contribution is -2.30. The van der Waals surface area contributed by atoms with Gasteiger partial charge in [-0.05, 0) is 62.2 Å². The van der Waals surface area contributed by atoms with Gasteiger partial charge in [-0.1, -0.05) is 30.3 Å². The first-order valence-corrected chi connectivity index (χ1v) is 9.59. The molecule has 0 fully saturated rings. The molecule has 8 heteroatoms. The summed E-state index contributed by atoms with van der Waals surface area (Å²) in [5, 5.41) is 10.8. The second kappa shape index (κ2) is 16.8. The molecule has 8 nitrogen and oxygen atoms in total. The summed E-state index contributed by atoms with van der Waals surface area (Å²) in [5.41, 5.74) is 18.3. The molecule has 164 valence electrons. The van der Waals surface area contributed by atoms with E-state index in [9.17, 15) is 14.4 Å². The van der Waals surface area contributed by atoms with E-state index in [4.69, 9.17) is 22.3 Å². The van der Waals surface area contributed by atoms with Crippen LogP contribution in [0, 0.1) is 0 Å². The smallest absolute Gasteiger partial charge is 0.320 e. The molecule has 0 aromatic heterocycles. The van der Waals surface area contributed by atoms with Crippen molar-refractivity contribution in [1.29, 1.82) is 0 Å². The van der Waals surface area contributed by atoms with Crippen molar-refractivity contribution >= 4 is 23.9 Å². The predicted molar refractivity (Wildman–Crippen MR) is 119 cm³/mol. The molecule has 0 heterocycles. The third-order valence-corrected chi connectivity index (χ3v) is 3.68. The van der Waals surface area contributed by atoms with Crippen molar-refractivity contribution in [1.82, 2.24) is 0 Å². The summed E-state index contributed by atoms with van der Waals surface area (Å²) in [6, 6.07) is 16.2. The number of amides is 1. The minimum Gasteiger partial charge on any atom is -0.480 e. The number of carbonyl (C=O) groups is 3. The van der Waals surface area contributed by atoms with E-state index in [2.05, 4.69) is 17.4 Å². The van der Waals surface area contributed by atoms with Crippen LogP contribution in [0.3, 0.4) is 0 Å². The first-order chi connectivity index (χ1) is 14.3. The van der Waals surface area contributed by atoms with Crippen LogP contribution < -0.4 is 22.5 Å². The van der Waals surface area contributed by atoms with Crippen LogP contribution in [0.2, 0.25) is 0 Å². The first kappa shape index (κ1) is 26.9. The lowest BCUT2D eigenvalue weighted by molar-refractivity contribution is -0.138. The van der Waals surface area contributed by atoms with Gasteiger partial charge in [0, 0.05) is 18.2 Å². The van der Waals surface area contributed by atoms with Gasteiger partial charge in [0.05, 0.1) is 0 Å². The molecule has 0 saturated carbocycles. The summed E-state index contributed by atoms with van der Waals surface area (Å²) in [6.07, 6.45) is 2.89. The minimum atomic E-state index is -0.955. The van der Waals surface area contributed by atoms with E-state index in [1.807, 2.05) is 18.2 Å². The first-order valence-electron chi connectivity index (χ1n) is 9.59. The monoisotopic (exact) mass is 416 g/mol. The number of nitrogens with two attached hydrogens (primary N) is 3.